The first-order valence-electron chi connectivity index (χ1n) is 17.1. The number of pyridine rings is 1. The minimum absolute atomic E-state index is 0.154. The van der Waals surface area contributed by atoms with E-state index in [0.717, 1.165) is 33.4 Å². The lowest BCUT2D eigenvalue weighted by molar-refractivity contribution is 0.138. The fourth-order valence-corrected chi connectivity index (χ4v) is 5.87. The molecular formula is C39H42N6O7S. The van der Waals surface area contributed by atoms with Gasteiger partial charge in [0.05, 0.1) is 24.3 Å². The summed E-state index contributed by atoms with van der Waals surface area (Å²) in [5, 5.41) is 28.3. The predicted molar refractivity (Wildman–Crippen MR) is 199 cm³/mol. The fraction of sp³-hybridized carbons (Fsp3) is 0.333. The van der Waals surface area contributed by atoms with Gasteiger partial charge in [-0.25, -0.2) is 4.79 Å². The van der Waals surface area contributed by atoms with Gasteiger partial charge in [0, 0.05) is 84.1 Å². The number of ether oxygens (including phenoxy) is 5. The van der Waals surface area contributed by atoms with E-state index in [-0.39, 0.29) is 19.2 Å². The molecule has 0 spiro atoms. The second-order valence-electron chi connectivity index (χ2n) is 12.1. The molecule has 1 atom stereocenters. The number of amides is 2. The second-order valence-corrected chi connectivity index (χ2v) is 13.6. The molecule has 0 radical (unpaired) electrons. The van der Waals surface area contributed by atoms with Gasteiger partial charge in [-0.1, -0.05) is 24.3 Å². The number of nitrogens with zero attached hydrogens (tertiary/aromatic N) is 3. The van der Waals surface area contributed by atoms with Gasteiger partial charge < -0.3 is 39.6 Å². The molecule has 0 aliphatic carbocycles. The lowest BCUT2D eigenvalue weighted by Gasteiger charge is -2.19. The molecule has 0 saturated heterocycles. The molecule has 53 heavy (non-hydrogen) atoms. The first kappa shape index (κ1) is 38.6. The maximum Gasteiger partial charge on any atom is 0.314 e. The van der Waals surface area contributed by atoms with Crippen molar-refractivity contribution < 1.29 is 32.7 Å². The van der Waals surface area contributed by atoms with Crippen molar-refractivity contribution in [1.82, 2.24) is 20.9 Å². The third kappa shape index (κ3) is 11.4. The molecule has 2 amide bonds. The summed E-state index contributed by atoms with van der Waals surface area (Å²) in [7, 11) is -0.957. The van der Waals surface area contributed by atoms with Crippen molar-refractivity contribution in [2.24, 2.45) is 0 Å². The number of hydrogen-bond acceptors (Lipinski definition) is 11. The SMILES string of the molecule is Cc1cc(CNCCOCCNC(=O)NCCS(C)=O)c(OCc2cncc(C#N)c2)cc1OCc1cccc(-c2ccc3c(c2)OCCO3)c1C#N. The van der Waals surface area contributed by atoms with E-state index in [1.54, 1.807) is 18.5 Å². The zero-order valence-corrected chi connectivity index (χ0v) is 30.6. The van der Waals surface area contributed by atoms with Crippen LogP contribution in [0.15, 0.2) is 67.0 Å². The third-order valence-corrected chi connectivity index (χ3v) is 8.90. The summed E-state index contributed by atoms with van der Waals surface area (Å²) in [6, 6.07) is 21.1. The molecule has 2 heterocycles. The van der Waals surface area contributed by atoms with Crippen LogP contribution in [0.1, 0.15) is 33.4 Å². The molecule has 14 heteroatoms. The summed E-state index contributed by atoms with van der Waals surface area (Å²) in [5.41, 5.74) is 5.83. The molecule has 13 nitrogen and oxygen atoms in total. The van der Waals surface area contributed by atoms with E-state index in [2.05, 4.69) is 33.1 Å². The summed E-state index contributed by atoms with van der Waals surface area (Å²) in [6.45, 7) is 5.76. The molecule has 5 rings (SSSR count). The highest BCUT2D eigenvalue weighted by molar-refractivity contribution is 7.84. The van der Waals surface area contributed by atoms with E-state index in [0.29, 0.717) is 92.5 Å². The van der Waals surface area contributed by atoms with Crippen LogP contribution >= 0.6 is 0 Å². The van der Waals surface area contributed by atoms with Crippen LogP contribution < -0.4 is 34.9 Å². The molecule has 276 valence electrons. The Hall–Kier alpha value is -5.67. The van der Waals surface area contributed by atoms with Gasteiger partial charge in [-0.05, 0) is 47.9 Å². The van der Waals surface area contributed by atoms with Gasteiger partial charge in [-0.3, -0.25) is 9.19 Å². The van der Waals surface area contributed by atoms with E-state index in [1.165, 1.54) is 6.20 Å². The normalized spacial score (nSPS) is 12.2. The van der Waals surface area contributed by atoms with Gasteiger partial charge in [0.1, 0.15) is 50.1 Å². The number of nitrogens with one attached hydrogen (secondary N) is 3. The Morgan fingerprint density at radius 3 is 2.49 bits per heavy atom. The average molecular weight is 739 g/mol. The minimum Gasteiger partial charge on any atom is -0.488 e. The minimum atomic E-state index is -0.957. The van der Waals surface area contributed by atoms with Gasteiger partial charge >= 0.3 is 6.03 Å². The van der Waals surface area contributed by atoms with E-state index < -0.39 is 10.8 Å². The van der Waals surface area contributed by atoms with Gasteiger partial charge in [0.2, 0.25) is 0 Å². The number of benzene rings is 3. The molecule has 0 bridgehead atoms. The van der Waals surface area contributed by atoms with Crippen LogP contribution in [0.3, 0.4) is 0 Å². The van der Waals surface area contributed by atoms with Crippen LogP contribution in [0, 0.1) is 29.6 Å². The van der Waals surface area contributed by atoms with Crippen molar-refractivity contribution >= 4 is 16.8 Å². The Morgan fingerprint density at radius 1 is 0.887 bits per heavy atom. The molecule has 1 aromatic heterocycles. The van der Waals surface area contributed by atoms with Gasteiger partial charge in [-0.2, -0.15) is 10.5 Å². The number of fused-ring (bicyclic) bond motifs is 1. The maximum atomic E-state index is 11.8. The summed E-state index contributed by atoms with van der Waals surface area (Å²) in [6.07, 6.45) is 4.75. The van der Waals surface area contributed by atoms with E-state index in [1.807, 2.05) is 55.5 Å². The smallest absolute Gasteiger partial charge is 0.314 e. The Bertz CT molecular complexity index is 1990. The van der Waals surface area contributed by atoms with Crippen molar-refractivity contribution in [2.75, 3.05) is 58.1 Å². The topological polar surface area (TPSA) is 177 Å². The van der Waals surface area contributed by atoms with Crippen LogP contribution in [-0.2, 0) is 35.3 Å². The Labute approximate surface area is 311 Å². The molecule has 4 aromatic rings. The van der Waals surface area contributed by atoms with Crippen molar-refractivity contribution in [3.8, 4) is 46.3 Å². The lowest BCUT2D eigenvalue weighted by Crippen LogP contribution is -2.39. The molecule has 3 N–H and O–H groups in total. The number of rotatable bonds is 18. The number of aromatic nitrogens is 1. The van der Waals surface area contributed by atoms with Crippen molar-refractivity contribution in [3.05, 3.63) is 100 Å². The summed E-state index contributed by atoms with van der Waals surface area (Å²) in [5.74, 6) is 2.93. The van der Waals surface area contributed by atoms with Crippen molar-refractivity contribution in [1.29, 1.82) is 10.5 Å². The zero-order valence-electron chi connectivity index (χ0n) is 29.7. The van der Waals surface area contributed by atoms with Gasteiger partial charge in [0.15, 0.2) is 11.5 Å². The number of hydrogen-bond donors (Lipinski definition) is 3. The summed E-state index contributed by atoms with van der Waals surface area (Å²) >= 11 is 0. The summed E-state index contributed by atoms with van der Waals surface area (Å²) < 4.78 is 40.8. The third-order valence-electron chi connectivity index (χ3n) is 8.12. The molecule has 1 unspecified atom stereocenters. The van der Waals surface area contributed by atoms with Gasteiger partial charge in [-0.15, -0.1) is 0 Å². The average Bonchev–Trinajstić information content (AvgIpc) is 3.17. The highest BCUT2D eigenvalue weighted by atomic mass is 32.2. The lowest BCUT2D eigenvalue weighted by atomic mass is 9.96. The first-order chi connectivity index (χ1) is 25.8. The van der Waals surface area contributed by atoms with Crippen molar-refractivity contribution in [2.45, 2.75) is 26.7 Å². The summed E-state index contributed by atoms with van der Waals surface area (Å²) in [4.78, 5) is 15.9. The molecular weight excluding hydrogens is 697 g/mol. The number of carbonyl (C=O) groups excluding carboxylic acids is 1. The Balaban J connectivity index is 1.22. The molecule has 1 aliphatic heterocycles. The Morgan fingerprint density at radius 2 is 1.68 bits per heavy atom. The van der Waals surface area contributed by atoms with Crippen LogP contribution in [0.2, 0.25) is 0 Å². The standard InChI is InChI=1S/C39H42N6O7S/c1-27-16-32(24-42-8-11-48-12-9-44-39(46)45-10-15-53(2)47)37(51-25-29-17-28(20-40)22-43-23-29)19-36(27)52-26-31-4-3-5-33(34(31)21-41)30-6-7-35-38(18-30)50-14-13-49-35/h3-7,16-19,22-23,42H,8-15,24-26H2,1-2H3,(H2,44,45,46). The first-order valence-corrected chi connectivity index (χ1v) is 18.8. The van der Waals surface area contributed by atoms with Crippen LogP contribution in [0.25, 0.3) is 11.1 Å². The number of urea groups is 1. The van der Waals surface area contributed by atoms with Crippen LogP contribution in [-0.4, -0.2) is 73.3 Å². The van der Waals surface area contributed by atoms with E-state index in [4.69, 9.17) is 23.7 Å². The monoisotopic (exact) mass is 738 g/mol. The number of nitriles is 2. The number of carbonyl (C=O) groups is 1. The second kappa shape index (κ2) is 19.8. The zero-order chi connectivity index (χ0) is 37.4. The quantitative estimate of drug-likeness (QED) is 0.122. The largest absolute Gasteiger partial charge is 0.488 e. The molecule has 0 saturated carbocycles. The highest BCUT2D eigenvalue weighted by Gasteiger charge is 2.17. The predicted octanol–water partition coefficient (Wildman–Crippen LogP) is 4.51. The van der Waals surface area contributed by atoms with Crippen molar-refractivity contribution in [3.63, 3.8) is 0 Å². The fourth-order valence-electron chi connectivity index (χ4n) is 5.48. The van der Waals surface area contributed by atoms with Crippen LogP contribution in [0.4, 0.5) is 4.79 Å². The van der Waals surface area contributed by atoms with E-state index in [9.17, 15) is 19.5 Å². The molecule has 3 aromatic carbocycles. The van der Waals surface area contributed by atoms with E-state index >= 15 is 0 Å². The number of aryl methyl sites for hydroxylation is 1. The molecule has 0 fully saturated rings. The maximum absolute atomic E-state index is 11.8. The van der Waals surface area contributed by atoms with Gasteiger partial charge in [0.25, 0.3) is 0 Å². The highest BCUT2D eigenvalue weighted by Crippen LogP contribution is 2.37. The Kier molecular flexibility index (Phi) is 14.4. The van der Waals surface area contributed by atoms with Crippen LogP contribution in [0.5, 0.6) is 23.0 Å². The molecule has 1 aliphatic rings.